The van der Waals surface area contributed by atoms with Gasteiger partial charge in [-0.3, -0.25) is 9.20 Å². The fraction of sp³-hybridized carbons (Fsp3) is 0.421. The highest BCUT2D eigenvalue weighted by Gasteiger charge is 2.16. The first-order valence-corrected chi connectivity index (χ1v) is 9.42. The summed E-state index contributed by atoms with van der Waals surface area (Å²) >= 11 is 0. The number of alkyl carbamates (subject to hydrolysis) is 1. The van der Waals surface area contributed by atoms with Crippen LogP contribution in [0, 0.1) is 6.92 Å². The van der Waals surface area contributed by atoms with Gasteiger partial charge in [0.05, 0.1) is 25.3 Å². The van der Waals surface area contributed by atoms with Crippen LogP contribution in [0.2, 0.25) is 0 Å². The van der Waals surface area contributed by atoms with Crippen molar-refractivity contribution in [3.8, 4) is 11.5 Å². The number of carbonyl (C=O) groups is 2. The van der Waals surface area contributed by atoms with Crippen molar-refractivity contribution in [1.82, 2.24) is 24.9 Å². The molecule has 0 unspecified atom stereocenters. The second-order valence-corrected chi connectivity index (χ2v) is 6.50. The van der Waals surface area contributed by atoms with Crippen LogP contribution in [0.3, 0.4) is 0 Å². The lowest BCUT2D eigenvalue weighted by molar-refractivity contribution is -0.134. The van der Waals surface area contributed by atoms with Crippen LogP contribution in [0.4, 0.5) is 10.6 Å². The van der Waals surface area contributed by atoms with Gasteiger partial charge in [-0.05, 0) is 19.8 Å². The van der Waals surface area contributed by atoms with E-state index in [0.717, 1.165) is 17.8 Å². The van der Waals surface area contributed by atoms with Gasteiger partial charge in [0.2, 0.25) is 5.65 Å². The van der Waals surface area contributed by atoms with Crippen LogP contribution >= 0.6 is 0 Å². The van der Waals surface area contributed by atoms with E-state index in [1.54, 1.807) is 14.2 Å². The van der Waals surface area contributed by atoms with Crippen molar-refractivity contribution >= 4 is 34.6 Å². The number of carbonyl (C=O) groups excluding carboxylic acids is 2. The Hall–Kier alpha value is -3.63. The number of hydrogen-bond donors (Lipinski definition) is 2. The molecule has 0 radical (unpaired) electrons. The number of unbranched alkanes of at least 4 members (excludes halogenated alkanes) is 1. The molecule has 2 N–H and O–H groups in total. The van der Waals surface area contributed by atoms with Crippen LogP contribution in [0.25, 0.3) is 16.7 Å². The number of nitrogens with zero attached hydrogens (tertiary/aromatic N) is 4. The molecule has 11 nitrogen and oxygen atoms in total. The van der Waals surface area contributed by atoms with E-state index in [2.05, 4.69) is 30.6 Å². The SMILES string of the molecule is COc1cc2nc(NCCCCNC(=O)OC(C)=O)c3nnc(C)n3c2cc1OC. The van der Waals surface area contributed by atoms with E-state index in [1.807, 2.05) is 23.5 Å². The zero-order valence-corrected chi connectivity index (χ0v) is 17.3. The number of amides is 1. The molecule has 2 heterocycles. The molecule has 0 aliphatic rings. The Bertz CT molecular complexity index is 1080. The molecule has 11 heteroatoms. The number of benzene rings is 1. The molecule has 3 rings (SSSR count). The molecular weight excluding hydrogens is 392 g/mol. The molecule has 2 aromatic heterocycles. The quantitative estimate of drug-likeness (QED) is 0.322. The third kappa shape index (κ3) is 4.50. The summed E-state index contributed by atoms with van der Waals surface area (Å²) in [6.07, 6.45) is 0.711. The number of hydrogen-bond acceptors (Lipinski definition) is 9. The van der Waals surface area contributed by atoms with Gasteiger partial charge in [-0.1, -0.05) is 0 Å². The number of aryl methyl sites for hydroxylation is 1. The summed E-state index contributed by atoms with van der Waals surface area (Å²) in [4.78, 5) is 26.6. The zero-order valence-electron chi connectivity index (χ0n) is 17.3. The smallest absolute Gasteiger partial charge is 0.414 e. The van der Waals surface area contributed by atoms with Crippen molar-refractivity contribution < 1.29 is 23.8 Å². The van der Waals surface area contributed by atoms with E-state index < -0.39 is 12.1 Å². The summed E-state index contributed by atoms with van der Waals surface area (Å²) in [6, 6.07) is 3.66. The summed E-state index contributed by atoms with van der Waals surface area (Å²) < 4.78 is 17.1. The van der Waals surface area contributed by atoms with Crippen molar-refractivity contribution in [2.24, 2.45) is 0 Å². The van der Waals surface area contributed by atoms with Crippen molar-refractivity contribution in [3.05, 3.63) is 18.0 Å². The van der Waals surface area contributed by atoms with Crippen molar-refractivity contribution in [1.29, 1.82) is 0 Å². The van der Waals surface area contributed by atoms with Crippen LogP contribution in [0.5, 0.6) is 11.5 Å². The fourth-order valence-corrected chi connectivity index (χ4v) is 3.03. The second kappa shape index (κ2) is 9.25. The molecule has 30 heavy (non-hydrogen) atoms. The van der Waals surface area contributed by atoms with Gasteiger partial charge in [-0.15, -0.1) is 10.2 Å². The fourth-order valence-electron chi connectivity index (χ4n) is 3.03. The standard InChI is InChI=1S/C19H24N6O5/c1-11-23-24-18-17(20-7-5-6-8-21-19(27)30-12(2)26)22-13-9-15(28-3)16(29-4)10-14(13)25(11)18/h9-10H,5-8H2,1-4H3,(H,20,22)(H,21,27). The van der Waals surface area contributed by atoms with E-state index in [9.17, 15) is 9.59 Å². The molecule has 160 valence electrons. The number of aromatic nitrogens is 4. The van der Waals surface area contributed by atoms with Crippen LogP contribution in [0.15, 0.2) is 12.1 Å². The lowest BCUT2D eigenvalue weighted by Crippen LogP contribution is -2.27. The predicted molar refractivity (Wildman–Crippen MR) is 109 cm³/mol. The summed E-state index contributed by atoms with van der Waals surface area (Å²) in [5.74, 6) is 1.85. The highest BCUT2D eigenvalue weighted by Crippen LogP contribution is 2.33. The Balaban J connectivity index is 1.72. The minimum absolute atomic E-state index is 0.398. The monoisotopic (exact) mass is 416 g/mol. The van der Waals surface area contributed by atoms with Crippen LogP contribution < -0.4 is 20.1 Å². The molecule has 1 amide bonds. The first-order chi connectivity index (χ1) is 14.4. The van der Waals surface area contributed by atoms with E-state index in [0.29, 0.717) is 48.0 Å². The van der Waals surface area contributed by atoms with Gasteiger partial charge in [-0.2, -0.15) is 0 Å². The number of nitrogens with one attached hydrogen (secondary N) is 2. The van der Waals surface area contributed by atoms with Gasteiger partial charge in [0.25, 0.3) is 0 Å². The van der Waals surface area contributed by atoms with Crippen LogP contribution in [-0.4, -0.2) is 59.0 Å². The Labute approximate surface area is 172 Å². The lowest BCUT2D eigenvalue weighted by atomic mass is 10.2. The number of anilines is 1. The minimum Gasteiger partial charge on any atom is -0.493 e. The number of rotatable bonds is 8. The van der Waals surface area contributed by atoms with Gasteiger partial charge in [-0.25, -0.2) is 9.78 Å². The zero-order chi connectivity index (χ0) is 21.7. The Kier molecular flexibility index (Phi) is 6.50. The van der Waals surface area contributed by atoms with E-state index in [4.69, 9.17) is 9.47 Å². The van der Waals surface area contributed by atoms with Crippen molar-refractivity contribution in [2.45, 2.75) is 26.7 Å². The molecule has 1 aromatic carbocycles. The third-order valence-corrected chi connectivity index (χ3v) is 4.39. The normalized spacial score (nSPS) is 10.8. The summed E-state index contributed by atoms with van der Waals surface area (Å²) in [6.45, 7) is 4.05. The van der Waals surface area contributed by atoms with Gasteiger partial charge >= 0.3 is 12.1 Å². The Morgan fingerprint density at radius 2 is 1.77 bits per heavy atom. The van der Waals surface area contributed by atoms with Crippen LogP contribution in [-0.2, 0) is 9.53 Å². The number of methoxy groups -OCH3 is 2. The lowest BCUT2D eigenvalue weighted by Gasteiger charge is -2.13. The van der Waals surface area contributed by atoms with E-state index in [-0.39, 0.29) is 0 Å². The summed E-state index contributed by atoms with van der Waals surface area (Å²) in [7, 11) is 3.16. The highest BCUT2D eigenvalue weighted by molar-refractivity contribution is 5.86. The minimum atomic E-state index is -0.739. The predicted octanol–water partition coefficient (Wildman–Crippen LogP) is 2.07. The maximum absolute atomic E-state index is 11.3. The average molecular weight is 416 g/mol. The largest absolute Gasteiger partial charge is 0.493 e. The van der Waals surface area contributed by atoms with E-state index in [1.165, 1.54) is 6.92 Å². The molecule has 0 saturated heterocycles. The van der Waals surface area contributed by atoms with Gasteiger partial charge in [0, 0.05) is 32.1 Å². The molecule has 0 aliphatic carbocycles. The van der Waals surface area contributed by atoms with E-state index >= 15 is 0 Å². The van der Waals surface area contributed by atoms with Gasteiger partial charge in [0.15, 0.2) is 17.3 Å². The molecular formula is C19H24N6O5. The molecule has 3 aromatic rings. The average Bonchev–Trinajstić information content (AvgIpc) is 3.11. The number of ether oxygens (including phenoxy) is 3. The first kappa shape index (κ1) is 21.1. The number of esters is 1. The molecule has 0 bridgehead atoms. The Morgan fingerprint density at radius 3 is 2.47 bits per heavy atom. The van der Waals surface area contributed by atoms with Gasteiger partial charge < -0.3 is 24.8 Å². The second-order valence-electron chi connectivity index (χ2n) is 6.50. The summed E-state index contributed by atoms with van der Waals surface area (Å²) in [5, 5.41) is 14.2. The first-order valence-electron chi connectivity index (χ1n) is 9.42. The topological polar surface area (TPSA) is 129 Å². The molecule has 0 atom stereocenters. The van der Waals surface area contributed by atoms with Crippen molar-refractivity contribution in [2.75, 3.05) is 32.6 Å². The third-order valence-electron chi connectivity index (χ3n) is 4.39. The highest BCUT2D eigenvalue weighted by atomic mass is 16.6. The molecule has 0 saturated carbocycles. The Morgan fingerprint density at radius 1 is 1.07 bits per heavy atom. The van der Waals surface area contributed by atoms with Crippen molar-refractivity contribution in [3.63, 3.8) is 0 Å². The molecule has 0 spiro atoms. The maximum Gasteiger partial charge on any atom is 0.414 e. The van der Waals surface area contributed by atoms with Crippen LogP contribution in [0.1, 0.15) is 25.6 Å². The summed E-state index contributed by atoms with van der Waals surface area (Å²) in [5.41, 5.74) is 2.12. The molecule has 0 fully saturated rings. The maximum atomic E-state index is 11.3. The number of fused-ring (bicyclic) bond motifs is 3. The molecule has 0 aliphatic heterocycles. The van der Waals surface area contributed by atoms with Gasteiger partial charge in [0.1, 0.15) is 5.82 Å².